The summed E-state index contributed by atoms with van der Waals surface area (Å²) in [6.45, 7) is 1.76. The molecule has 1 aliphatic carbocycles. The van der Waals surface area contributed by atoms with Gasteiger partial charge in [0.25, 0.3) is 0 Å². The Kier molecular flexibility index (Phi) is 4.73. The summed E-state index contributed by atoms with van der Waals surface area (Å²) in [6.07, 6.45) is 2.37. The first kappa shape index (κ1) is 13.0. The molecule has 1 saturated carbocycles. The Bertz CT molecular complexity index is 265. The summed E-state index contributed by atoms with van der Waals surface area (Å²) in [7, 11) is 0. The van der Waals surface area contributed by atoms with E-state index in [9.17, 15) is 9.59 Å². The van der Waals surface area contributed by atoms with Crippen LogP contribution in [0, 0.1) is 11.8 Å². The molecule has 0 saturated heterocycles. The average molecular weight is 229 g/mol. The van der Waals surface area contributed by atoms with Crippen LogP contribution in [-0.4, -0.2) is 34.7 Å². The van der Waals surface area contributed by atoms with Crippen LogP contribution in [-0.2, 0) is 9.59 Å². The van der Waals surface area contributed by atoms with Gasteiger partial charge in [-0.3, -0.25) is 9.59 Å². The molecule has 1 aliphatic rings. The fraction of sp³-hybridized carbons (Fsp3) is 0.818. The zero-order chi connectivity index (χ0) is 12.1. The van der Waals surface area contributed by atoms with E-state index in [0.29, 0.717) is 12.8 Å². The van der Waals surface area contributed by atoms with Gasteiger partial charge in [0.05, 0.1) is 17.9 Å². The molecule has 0 heterocycles. The maximum atomic E-state index is 11.7. The molecule has 0 aromatic rings. The number of carboxylic acid groups (broad SMARTS) is 1. The van der Waals surface area contributed by atoms with Crippen molar-refractivity contribution in [2.24, 2.45) is 11.8 Å². The molecule has 5 heteroatoms. The van der Waals surface area contributed by atoms with Crippen molar-refractivity contribution in [2.45, 2.75) is 38.7 Å². The Morgan fingerprint density at radius 3 is 2.38 bits per heavy atom. The summed E-state index contributed by atoms with van der Waals surface area (Å²) >= 11 is 0. The van der Waals surface area contributed by atoms with Crippen molar-refractivity contribution in [2.75, 3.05) is 6.54 Å². The molecule has 3 N–H and O–H groups in total. The molecule has 1 unspecified atom stereocenters. The van der Waals surface area contributed by atoms with Gasteiger partial charge >= 0.3 is 5.97 Å². The van der Waals surface area contributed by atoms with E-state index in [4.69, 9.17) is 10.2 Å². The van der Waals surface area contributed by atoms with Gasteiger partial charge in [0, 0.05) is 6.54 Å². The van der Waals surface area contributed by atoms with Gasteiger partial charge in [0.2, 0.25) is 5.91 Å². The Morgan fingerprint density at radius 2 is 1.88 bits per heavy atom. The van der Waals surface area contributed by atoms with Crippen LogP contribution in [0.15, 0.2) is 0 Å². The molecule has 3 atom stereocenters. The first-order valence-electron chi connectivity index (χ1n) is 5.71. The topological polar surface area (TPSA) is 86.6 Å². The lowest BCUT2D eigenvalue weighted by atomic mass is 9.78. The fourth-order valence-electron chi connectivity index (χ4n) is 2.12. The molecule has 0 aromatic carbocycles. The Hall–Kier alpha value is -1.10. The third kappa shape index (κ3) is 3.48. The summed E-state index contributed by atoms with van der Waals surface area (Å²) in [5, 5.41) is 20.6. The number of carboxylic acids is 1. The lowest BCUT2D eigenvalue weighted by Crippen LogP contribution is -2.41. The van der Waals surface area contributed by atoms with Gasteiger partial charge in [-0.05, 0) is 19.8 Å². The normalized spacial score (nSPS) is 27.1. The van der Waals surface area contributed by atoms with Crippen LogP contribution in [0.5, 0.6) is 0 Å². The molecule has 0 aliphatic heterocycles. The van der Waals surface area contributed by atoms with Gasteiger partial charge in [0.15, 0.2) is 0 Å². The second-order valence-corrected chi connectivity index (χ2v) is 4.43. The number of aliphatic hydroxyl groups is 1. The molecule has 0 spiro atoms. The van der Waals surface area contributed by atoms with Crippen LogP contribution in [0.2, 0.25) is 0 Å². The zero-order valence-corrected chi connectivity index (χ0v) is 9.48. The largest absolute Gasteiger partial charge is 0.481 e. The van der Waals surface area contributed by atoms with E-state index in [1.54, 1.807) is 6.92 Å². The number of amides is 1. The molecule has 0 radical (unpaired) electrons. The molecule has 16 heavy (non-hydrogen) atoms. The van der Waals surface area contributed by atoms with E-state index in [0.717, 1.165) is 12.8 Å². The Balaban J connectivity index is 2.54. The van der Waals surface area contributed by atoms with Gasteiger partial charge in [-0.1, -0.05) is 12.8 Å². The fourth-order valence-corrected chi connectivity index (χ4v) is 2.12. The second-order valence-electron chi connectivity index (χ2n) is 4.43. The number of rotatable bonds is 4. The molecule has 5 nitrogen and oxygen atoms in total. The minimum atomic E-state index is -0.892. The standard InChI is InChI=1S/C11H19NO4/c1-7(13)6-12-10(14)8-4-2-3-5-9(8)11(15)16/h7-9,13H,2-6H2,1H3,(H,12,14)(H,15,16)/t7?,8-,9+/m1/s1. The monoisotopic (exact) mass is 229 g/mol. The summed E-state index contributed by atoms with van der Waals surface area (Å²) in [5.41, 5.74) is 0. The smallest absolute Gasteiger partial charge is 0.307 e. The van der Waals surface area contributed by atoms with E-state index < -0.39 is 23.9 Å². The van der Waals surface area contributed by atoms with Crippen LogP contribution < -0.4 is 5.32 Å². The number of nitrogens with one attached hydrogen (secondary N) is 1. The van der Waals surface area contributed by atoms with Gasteiger partial charge < -0.3 is 15.5 Å². The minimum absolute atomic E-state index is 0.182. The highest BCUT2D eigenvalue weighted by molar-refractivity contribution is 5.84. The van der Waals surface area contributed by atoms with Crippen LogP contribution in [0.4, 0.5) is 0 Å². The first-order valence-corrected chi connectivity index (χ1v) is 5.71. The maximum absolute atomic E-state index is 11.7. The zero-order valence-electron chi connectivity index (χ0n) is 9.48. The van der Waals surface area contributed by atoms with Crippen LogP contribution in [0.25, 0.3) is 0 Å². The maximum Gasteiger partial charge on any atom is 0.307 e. The first-order chi connectivity index (χ1) is 7.52. The molecular weight excluding hydrogens is 210 g/mol. The SMILES string of the molecule is CC(O)CNC(=O)[C@@H]1CCCC[C@@H]1C(=O)O. The highest BCUT2D eigenvalue weighted by Gasteiger charge is 2.35. The molecule has 1 rings (SSSR count). The number of carbonyl (C=O) groups excluding carboxylic acids is 1. The molecule has 1 fully saturated rings. The predicted molar refractivity (Wildman–Crippen MR) is 57.8 cm³/mol. The summed E-state index contributed by atoms with van der Waals surface area (Å²) in [4.78, 5) is 22.7. The number of aliphatic carboxylic acids is 1. The molecule has 0 bridgehead atoms. The average Bonchev–Trinajstić information content (AvgIpc) is 2.25. The van der Waals surface area contributed by atoms with Gasteiger partial charge in [0.1, 0.15) is 0 Å². The second kappa shape index (κ2) is 5.84. The molecule has 92 valence electrons. The van der Waals surface area contributed by atoms with Crippen molar-refractivity contribution in [3.05, 3.63) is 0 Å². The summed E-state index contributed by atoms with van der Waals surface area (Å²) < 4.78 is 0. The quantitative estimate of drug-likeness (QED) is 0.650. The lowest BCUT2D eigenvalue weighted by Gasteiger charge is -2.27. The molecule has 1 amide bonds. The van der Waals surface area contributed by atoms with Gasteiger partial charge in [-0.15, -0.1) is 0 Å². The third-order valence-electron chi connectivity index (χ3n) is 2.99. The van der Waals surface area contributed by atoms with Crippen molar-refractivity contribution in [3.63, 3.8) is 0 Å². The Morgan fingerprint density at radius 1 is 1.31 bits per heavy atom. The predicted octanol–water partition coefficient (Wildman–Crippen LogP) is 0.374. The Labute approximate surface area is 94.8 Å². The third-order valence-corrected chi connectivity index (χ3v) is 2.99. The van der Waals surface area contributed by atoms with E-state index in [1.807, 2.05) is 0 Å². The summed E-state index contributed by atoms with van der Waals surface area (Å²) in [6, 6.07) is 0. The van der Waals surface area contributed by atoms with E-state index in [-0.39, 0.29) is 12.5 Å². The minimum Gasteiger partial charge on any atom is -0.481 e. The van der Waals surface area contributed by atoms with Crippen molar-refractivity contribution in [1.29, 1.82) is 0 Å². The van der Waals surface area contributed by atoms with E-state index >= 15 is 0 Å². The summed E-state index contributed by atoms with van der Waals surface area (Å²) in [5.74, 6) is -2.14. The molecular formula is C11H19NO4. The van der Waals surface area contributed by atoms with Crippen LogP contribution >= 0.6 is 0 Å². The van der Waals surface area contributed by atoms with E-state index in [2.05, 4.69) is 5.32 Å². The van der Waals surface area contributed by atoms with Crippen LogP contribution in [0.3, 0.4) is 0 Å². The van der Waals surface area contributed by atoms with Crippen molar-refractivity contribution in [1.82, 2.24) is 5.32 Å². The highest BCUT2D eigenvalue weighted by atomic mass is 16.4. The van der Waals surface area contributed by atoms with Crippen molar-refractivity contribution in [3.8, 4) is 0 Å². The number of hydrogen-bond acceptors (Lipinski definition) is 3. The van der Waals surface area contributed by atoms with Crippen molar-refractivity contribution < 1.29 is 19.8 Å². The van der Waals surface area contributed by atoms with Gasteiger partial charge in [-0.2, -0.15) is 0 Å². The number of aliphatic hydroxyl groups excluding tert-OH is 1. The highest BCUT2D eigenvalue weighted by Crippen LogP contribution is 2.30. The number of hydrogen-bond donors (Lipinski definition) is 3. The van der Waals surface area contributed by atoms with Gasteiger partial charge in [-0.25, -0.2) is 0 Å². The lowest BCUT2D eigenvalue weighted by molar-refractivity contribution is -0.149. The van der Waals surface area contributed by atoms with Crippen molar-refractivity contribution >= 4 is 11.9 Å². The van der Waals surface area contributed by atoms with Crippen LogP contribution in [0.1, 0.15) is 32.6 Å². The number of carbonyl (C=O) groups is 2. The van der Waals surface area contributed by atoms with E-state index in [1.165, 1.54) is 0 Å². The molecule has 0 aromatic heterocycles.